The zero-order valence-corrected chi connectivity index (χ0v) is 15.9. The number of hydrogen-bond donors (Lipinski definition) is 2. The van der Waals surface area contributed by atoms with E-state index in [2.05, 4.69) is 25.8 Å². The van der Waals surface area contributed by atoms with Gasteiger partial charge in [-0.1, -0.05) is 12.1 Å². The van der Waals surface area contributed by atoms with Crippen LogP contribution in [0.4, 0.5) is 11.6 Å². The number of anilines is 2. The molecule has 2 N–H and O–H groups in total. The molecule has 138 valence electrons. The first kappa shape index (κ1) is 19.0. The van der Waals surface area contributed by atoms with Crippen molar-refractivity contribution in [2.45, 2.75) is 17.9 Å². The van der Waals surface area contributed by atoms with E-state index in [1.54, 1.807) is 36.5 Å². The lowest BCUT2D eigenvalue weighted by Crippen LogP contribution is -2.12. The molecule has 0 saturated carbocycles. The normalized spacial score (nSPS) is 10.4. The number of carbonyl (C=O) groups excluding carboxylic acids is 2. The first-order valence-corrected chi connectivity index (χ1v) is 10.1. The van der Waals surface area contributed by atoms with Crippen LogP contribution in [-0.4, -0.2) is 32.7 Å². The van der Waals surface area contributed by atoms with Crippen molar-refractivity contribution in [2.24, 2.45) is 0 Å². The predicted molar refractivity (Wildman–Crippen MR) is 107 cm³/mol. The molecule has 0 fully saturated rings. The summed E-state index contributed by atoms with van der Waals surface area (Å²) in [7, 11) is 0. The Kier molecular flexibility index (Phi) is 6.89. The highest BCUT2D eigenvalue weighted by Crippen LogP contribution is 2.18. The van der Waals surface area contributed by atoms with Gasteiger partial charge in [-0.05, 0) is 42.1 Å². The fourth-order valence-electron chi connectivity index (χ4n) is 2.10. The van der Waals surface area contributed by atoms with Gasteiger partial charge in [-0.3, -0.25) is 9.59 Å². The average molecular weight is 400 g/mol. The predicted octanol–water partition coefficient (Wildman–Crippen LogP) is 3.70. The fourth-order valence-corrected chi connectivity index (χ4v) is 3.48. The minimum atomic E-state index is -0.196. The van der Waals surface area contributed by atoms with Crippen LogP contribution in [0.1, 0.15) is 22.5 Å². The van der Waals surface area contributed by atoms with Crippen molar-refractivity contribution < 1.29 is 9.59 Å². The van der Waals surface area contributed by atoms with Gasteiger partial charge in [0.15, 0.2) is 5.82 Å². The zero-order valence-electron chi connectivity index (χ0n) is 14.3. The molecule has 0 atom stereocenters. The third kappa shape index (κ3) is 6.15. The molecule has 0 aliphatic rings. The number of amides is 2. The van der Waals surface area contributed by atoms with E-state index in [1.807, 2.05) is 17.5 Å². The van der Waals surface area contributed by atoms with Crippen molar-refractivity contribution in [3.63, 3.8) is 0 Å². The van der Waals surface area contributed by atoms with Crippen molar-refractivity contribution in [1.82, 2.24) is 15.2 Å². The maximum atomic E-state index is 11.9. The summed E-state index contributed by atoms with van der Waals surface area (Å²) in [6.45, 7) is 0. The molecule has 9 heteroatoms. The smallest absolute Gasteiger partial charge is 0.266 e. The van der Waals surface area contributed by atoms with Gasteiger partial charge >= 0.3 is 0 Å². The lowest BCUT2D eigenvalue weighted by molar-refractivity contribution is -0.116. The third-order valence-corrected chi connectivity index (χ3v) is 5.23. The van der Waals surface area contributed by atoms with Crippen LogP contribution in [0.3, 0.4) is 0 Å². The standard InChI is InChI=1S/C18H17N5O2S2/c24-16(20-14-6-1-2-10-19-14)7-4-12-27-17-9-8-15(22-23-17)21-18(25)13-5-3-11-26-13/h1-3,5-6,8-11H,4,7,12H2,(H,19,20,24)(H,21,22,25). The summed E-state index contributed by atoms with van der Waals surface area (Å²) in [4.78, 5) is 28.5. The number of carbonyl (C=O) groups is 2. The molecule has 0 bridgehead atoms. The Labute approximate surface area is 164 Å². The van der Waals surface area contributed by atoms with Gasteiger partial charge in [-0.15, -0.1) is 33.3 Å². The molecule has 0 radical (unpaired) electrons. The summed E-state index contributed by atoms with van der Waals surface area (Å²) in [5, 5.41) is 16.1. The van der Waals surface area contributed by atoms with Gasteiger partial charge < -0.3 is 10.6 Å². The number of hydrogen-bond acceptors (Lipinski definition) is 7. The van der Waals surface area contributed by atoms with Crippen molar-refractivity contribution in [3.8, 4) is 0 Å². The second-order valence-electron chi connectivity index (χ2n) is 5.40. The third-order valence-electron chi connectivity index (χ3n) is 3.36. The number of thiophene rings is 1. The second kappa shape index (κ2) is 9.79. The van der Waals surface area contributed by atoms with E-state index < -0.39 is 0 Å². The van der Waals surface area contributed by atoms with Crippen LogP contribution >= 0.6 is 23.1 Å². The molecule has 0 aromatic carbocycles. The Bertz CT molecular complexity index is 871. The van der Waals surface area contributed by atoms with Crippen LogP contribution in [0.15, 0.2) is 59.1 Å². The molecule has 3 heterocycles. The van der Waals surface area contributed by atoms with Gasteiger partial charge in [-0.25, -0.2) is 4.98 Å². The highest BCUT2D eigenvalue weighted by molar-refractivity contribution is 7.99. The number of nitrogens with one attached hydrogen (secondary N) is 2. The van der Waals surface area contributed by atoms with Crippen molar-refractivity contribution in [1.29, 1.82) is 0 Å². The Hall–Kier alpha value is -2.78. The van der Waals surface area contributed by atoms with E-state index in [9.17, 15) is 9.59 Å². The van der Waals surface area contributed by atoms with Crippen molar-refractivity contribution in [3.05, 3.63) is 58.9 Å². The number of pyridine rings is 1. The lowest BCUT2D eigenvalue weighted by atomic mass is 10.3. The SMILES string of the molecule is O=C(CCCSc1ccc(NC(=O)c2cccs2)nn1)Nc1ccccn1. The van der Waals surface area contributed by atoms with Gasteiger partial charge in [0, 0.05) is 18.4 Å². The number of aromatic nitrogens is 3. The fraction of sp³-hybridized carbons (Fsp3) is 0.167. The van der Waals surface area contributed by atoms with Crippen LogP contribution < -0.4 is 10.6 Å². The van der Waals surface area contributed by atoms with Gasteiger partial charge in [-0.2, -0.15) is 0 Å². The highest BCUT2D eigenvalue weighted by Gasteiger charge is 2.08. The molecule has 2 amide bonds. The Morgan fingerprint density at radius 1 is 1.00 bits per heavy atom. The molecule has 3 rings (SSSR count). The van der Waals surface area contributed by atoms with Crippen LogP contribution in [0, 0.1) is 0 Å². The molecule has 0 spiro atoms. The molecule has 0 aliphatic carbocycles. The van der Waals surface area contributed by atoms with E-state index in [0.29, 0.717) is 29.4 Å². The molecular formula is C18H17N5O2S2. The summed E-state index contributed by atoms with van der Waals surface area (Å²) in [5.41, 5.74) is 0. The van der Waals surface area contributed by atoms with E-state index in [-0.39, 0.29) is 11.8 Å². The van der Waals surface area contributed by atoms with Gasteiger partial charge in [0.05, 0.1) is 4.88 Å². The zero-order chi connectivity index (χ0) is 18.9. The largest absolute Gasteiger partial charge is 0.311 e. The quantitative estimate of drug-likeness (QED) is 0.443. The topological polar surface area (TPSA) is 96.9 Å². The Balaban J connectivity index is 1.37. The highest BCUT2D eigenvalue weighted by atomic mass is 32.2. The number of nitrogens with zero attached hydrogens (tertiary/aromatic N) is 3. The maximum absolute atomic E-state index is 11.9. The summed E-state index contributed by atoms with van der Waals surface area (Å²) in [6.07, 6.45) is 2.75. The van der Waals surface area contributed by atoms with Crippen molar-refractivity contribution >= 4 is 46.5 Å². The second-order valence-corrected chi connectivity index (χ2v) is 7.47. The molecular weight excluding hydrogens is 382 g/mol. The van der Waals surface area contributed by atoms with Crippen LogP contribution in [0.5, 0.6) is 0 Å². The van der Waals surface area contributed by atoms with Crippen LogP contribution in [0.25, 0.3) is 0 Å². The van der Waals surface area contributed by atoms with Gasteiger partial charge in [0.1, 0.15) is 10.8 Å². The van der Waals surface area contributed by atoms with E-state index >= 15 is 0 Å². The van der Waals surface area contributed by atoms with Crippen molar-refractivity contribution in [2.75, 3.05) is 16.4 Å². The van der Waals surface area contributed by atoms with Crippen LogP contribution in [-0.2, 0) is 4.79 Å². The summed E-state index contributed by atoms with van der Waals surface area (Å²) in [6, 6.07) is 12.5. The maximum Gasteiger partial charge on any atom is 0.266 e. The number of thioether (sulfide) groups is 1. The molecule has 0 aliphatic heterocycles. The Morgan fingerprint density at radius 3 is 2.63 bits per heavy atom. The average Bonchev–Trinajstić information content (AvgIpc) is 3.22. The summed E-state index contributed by atoms with van der Waals surface area (Å²) < 4.78 is 0. The van der Waals surface area contributed by atoms with Gasteiger partial charge in [0.25, 0.3) is 5.91 Å². The summed E-state index contributed by atoms with van der Waals surface area (Å²) in [5.74, 6) is 1.45. The molecule has 3 aromatic rings. The number of rotatable bonds is 8. The summed E-state index contributed by atoms with van der Waals surface area (Å²) >= 11 is 2.88. The minimum absolute atomic E-state index is 0.0629. The molecule has 0 unspecified atom stereocenters. The first-order valence-electron chi connectivity index (χ1n) is 8.23. The van der Waals surface area contributed by atoms with E-state index in [0.717, 1.165) is 10.8 Å². The lowest BCUT2D eigenvalue weighted by Gasteiger charge is -2.05. The van der Waals surface area contributed by atoms with Crippen LogP contribution in [0.2, 0.25) is 0 Å². The molecule has 3 aromatic heterocycles. The van der Waals surface area contributed by atoms with Gasteiger partial charge in [0.2, 0.25) is 5.91 Å². The minimum Gasteiger partial charge on any atom is -0.311 e. The first-order chi connectivity index (χ1) is 13.2. The van der Waals surface area contributed by atoms with E-state index in [1.165, 1.54) is 23.1 Å². The Morgan fingerprint density at radius 2 is 1.93 bits per heavy atom. The molecule has 0 saturated heterocycles. The molecule has 27 heavy (non-hydrogen) atoms. The monoisotopic (exact) mass is 399 g/mol. The molecule has 7 nitrogen and oxygen atoms in total. The van der Waals surface area contributed by atoms with E-state index in [4.69, 9.17) is 0 Å².